The van der Waals surface area contributed by atoms with Crippen LogP contribution in [0.2, 0.25) is 0 Å². The number of aliphatic imine (C=N–C) groups is 1. The quantitative estimate of drug-likeness (QED) is 0.0192. The molecule has 0 saturated heterocycles. The summed E-state index contributed by atoms with van der Waals surface area (Å²) in [5.74, 6) is -0.892. The molecular weight excluding hydrogens is 586 g/mol. The maximum absolute atomic E-state index is 12.3. The molecule has 2 N–H and O–H groups in total. The largest absolute Gasteiger partial charge is 0.494 e. The normalized spacial score (nSPS) is 13.7. The number of esters is 1. The highest BCUT2D eigenvalue weighted by atomic mass is 32.2. The van der Waals surface area contributed by atoms with Gasteiger partial charge in [-0.15, -0.1) is 0 Å². The number of unbranched alkanes of at least 4 members (excludes halogenated alkanes) is 15. The van der Waals surface area contributed by atoms with Crippen LogP contribution >= 0.6 is 0 Å². The van der Waals surface area contributed by atoms with Crippen LogP contribution in [-0.2, 0) is 19.6 Å². The Labute approximate surface area is 276 Å². The second-order valence-corrected chi connectivity index (χ2v) is 13.9. The number of hydrogen-bond donors (Lipinski definition) is 2. The predicted octanol–water partition coefficient (Wildman–Crippen LogP) is 10.8. The van der Waals surface area contributed by atoms with Gasteiger partial charge >= 0.3 is 5.97 Å². The van der Waals surface area contributed by atoms with Crippen LogP contribution in [0.5, 0.6) is 0 Å². The molecule has 0 unspecified atom stereocenters. The molecule has 0 rings (SSSR count). The zero-order valence-corrected chi connectivity index (χ0v) is 29.8. The molecule has 0 heterocycles. The summed E-state index contributed by atoms with van der Waals surface area (Å²) in [5.41, 5.74) is 0.923. The van der Waals surface area contributed by atoms with Crippen LogP contribution in [0, 0.1) is 0 Å². The van der Waals surface area contributed by atoms with Gasteiger partial charge in [0.15, 0.2) is 0 Å². The molecule has 0 saturated carbocycles. The lowest BCUT2D eigenvalue weighted by Crippen LogP contribution is -2.17. The Kier molecular flexibility index (Phi) is 29.4. The first-order chi connectivity index (χ1) is 21.7. The average molecular weight is 654 g/mol. The van der Waals surface area contributed by atoms with Crippen molar-refractivity contribution in [3.05, 3.63) is 36.0 Å². The van der Waals surface area contributed by atoms with Crippen LogP contribution in [0.1, 0.15) is 168 Å². The lowest BCUT2D eigenvalue weighted by atomic mass is 10.0. The lowest BCUT2D eigenvalue weighted by Gasteiger charge is -2.16. The molecule has 8 heteroatoms. The molecule has 0 bridgehead atoms. The number of carbonyl (C=O) groups excluding carboxylic acids is 1. The van der Waals surface area contributed by atoms with E-state index in [-0.39, 0.29) is 24.5 Å². The summed E-state index contributed by atoms with van der Waals surface area (Å²) in [4.78, 5) is 16.0. The summed E-state index contributed by atoms with van der Waals surface area (Å²) in [6.45, 7) is 5.99. The van der Waals surface area contributed by atoms with Gasteiger partial charge < -0.3 is 9.84 Å². The van der Waals surface area contributed by atoms with Crippen molar-refractivity contribution in [2.75, 3.05) is 12.3 Å². The van der Waals surface area contributed by atoms with E-state index in [0.29, 0.717) is 6.42 Å². The molecule has 0 aromatic rings. The maximum Gasteiger partial charge on any atom is 0.306 e. The van der Waals surface area contributed by atoms with Crippen molar-refractivity contribution >= 4 is 22.0 Å². The van der Waals surface area contributed by atoms with Crippen molar-refractivity contribution < 1.29 is 27.6 Å². The highest BCUT2D eigenvalue weighted by Crippen LogP contribution is 2.15. The topological polar surface area (TPSA) is 113 Å². The van der Waals surface area contributed by atoms with Crippen molar-refractivity contribution in [1.82, 2.24) is 0 Å². The Balaban J connectivity index is 3.75. The third-order valence-corrected chi connectivity index (χ3v) is 8.61. The van der Waals surface area contributed by atoms with Crippen molar-refractivity contribution in [2.24, 2.45) is 4.99 Å². The number of ether oxygens (including phenoxy) is 1. The summed E-state index contributed by atoms with van der Waals surface area (Å²) < 4.78 is 35.8. The van der Waals surface area contributed by atoms with E-state index in [9.17, 15) is 18.3 Å². The van der Waals surface area contributed by atoms with Gasteiger partial charge in [-0.2, -0.15) is 8.42 Å². The van der Waals surface area contributed by atoms with Crippen LogP contribution < -0.4 is 0 Å². The molecule has 7 nitrogen and oxygen atoms in total. The molecular formula is C37H67NO6S. The zero-order chi connectivity index (χ0) is 33.4. The minimum atomic E-state index is -4.09. The molecule has 1 atom stereocenters. The highest BCUT2D eigenvalue weighted by Gasteiger charge is 2.12. The fourth-order valence-electron chi connectivity index (χ4n) is 5.11. The van der Waals surface area contributed by atoms with E-state index in [2.05, 4.69) is 36.2 Å². The highest BCUT2D eigenvalue weighted by molar-refractivity contribution is 7.85. The van der Waals surface area contributed by atoms with E-state index >= 15 is 0 Å². The van der Waals surface area contributed by atoms with E-state index in [0.717, 1.165) is 63.4 Å². The maximum atomic E-state index is 12.3. The van der Waals surface area contributed by atoms with Gasteiger partial charge in [-0.25, -0.2) is 0 Å². The molecule has 0 spiro atoms. The first kappa shape index (κ1) is 43.1. The number of carbonyl (C=O) groups is 1. The molecule has 0 fully saturated rings. The average Bonchev–Trinajstić information content (AvgIpc) is 2.98. The van der Waals surface area contributed by atoms with Crippen molar-refractivity contribution in [3.8, 4) is 0 Å². The fraction of sp³-hybridized carbons (Fsp3) is 0.784. The van der Waals surface area contributed by atoms with Crippen LogP contribution in [-0.4, -0.2) is 48.3 Å². The fourth-order valence-corrected chi connectivity index (χ4v) is 5.43. The molecule has 262 valence electrons. The van der Waals surface area contributed by atoms with Gasteiger partial charge in [0.1, 0.15) is 6.10 Å². The summed E-state index contributed by atoms with van der Waals surface area (Å²) in [6.07, 6.45) is 36.8. The van der Waals surface area contributed by atoms with Gasteiger partial charge in [0.25, 0.3) is 10.1 Å². The number of nitrogens with zero attached hydrogens (tertiary/aromatic N) is 1. The van der Waals surface area contributed by atoms with E-state index in [1.807, 2.05) is 13.8 Å². The number of aliphatic hydroxyl groups is 1. The van der Waals surface area contributed by atoms with Gasteiger partial charge in [0, 0.05) is 6.42 Å². The third kappa shape index (κ3) is 33.3. The molecule has 0 aliphatic heterocycles. The van der Waals surface area contributed by atoms with E-state index in [1.165, 1.54) is 89.5 Å². The van der Waals surface area contributed by atoms with Crippen molar-refractivity contribution in [3.63, 3.8) is 0 Å². The summed E-state index contributed by atoms with van der Waals surface area (Å²) in [6, 6.07) is 0. The Morgan fingerprint density at radius 1 is 0.733 bits per heavy atom. The van der Waals surface area contributed by atoms with E-state index < -0.39 is 15.9 Å². The predicted molar refractivity (Wildman–Crippen MR) is 191 cm³/mol. The van der Waals surface area contributed by atoms with Gasteiger partial charge in [0.05, 0.1) is 12.3 Å². The Morgan fingerprint density at radius 3 is 1.82 bits per heavy atom. The summed E-state index contributed by atoms with van der Waals surface area (Å²) >= 11 is 0. The first-order valence-corrected chi connectivity index (χ1v) is 19.6. The van der Waals surface area contributed by atoms with Gasteiger partial charge in [-0.1, -0.05) is 114 Å². The van der Waals surface area contributed by atoms with Crippen molar-refractivity contribution in [1.29, 1.82) is 0 Å². The van der Waals surface area contributed by atoms with Crippen LogP contribution in [0.3, 0.4) is 0 Å². The molecule has 0 aromatic carbocycles. The Hall–Kier alpha value is -1.93. The Morgan fingerprint density at radius 2 is 1.27 bits per heavy atom. The number of allylic oxidation sites excluding steroid dienone is 5. The smallest absolute Gasteiger partial charge is 0.306 e. The molecule has 0 amide bonds. The molecule has 0 aromatic heterocycles. The van der Waals surface area contributed by atoms with Gasteiger partial charge in [-0.05, 0) is 83.6 Å². The van der Waals surface area contributed by atoms with E-state index in [1.54, 1.807) is 0 Å². The number of rotatable bonds is 31. The van der Waals surface area contributed by atoms with Gasteiger partial charge in [-0.3, -0.25) is 14.3 Å². The third-order valence-electron chi connectivity index (χ3n) is 7.91. The van der Waals surface area contributed by atoms with Crippen molar-refractivity contribution in [2.45, 2.75) is 175 Å². The minimum absolute atomic E-state index is 0.0746. The second-order valence-electron chi connectivity index (χ2n) is 12.4. The lowest BCUT2D eigenvalue weighted by molar-refractivity contribution is -0.149. The monoisotopic (exact) mass is 653 g/mol. The SMILES string of the molecule is CCCCCCCCCCCCCC/C=C\CC/C=C\CCCC(=O)O[C@H](CC)CCCC/C(C)=C\C(O)=N\CCS(=O)(=O)O. The number of aliphatic hydroxyl groups excluding tert-OH is 1. The first-order valence-electron chi connectivity index (χ1n) is 18.0. The zero-order valence-electron chi connectivity index (χ0n) is 29.0. The minimum Gasteiger partial charge on any atom is -0.494 e. The molecule has 0 aliphatic carbocycles. The van der Waals surface area contributed by atoms with Crippen LogP contribution in [0.4, 0.5) is 0 Å². The summed E-state index contributed by atoms with van der Waals surface area (Å²) in [7, 11) is -4.09. The van der Waals surface area contributed by atoms with Crippen LogP contribution in [0.25, 0.3) is 0 Å². The molecule has 0 aliphatic rings. The standard InChI is InChI=1S/C37H67NO6S/c1-4-6-7-8-9-10-11-12-13-14-15-16-17-18-19-20-21-22-23-24-25-30-37(40)44-35(5-2)29-27-26-28-34(3)33-36(39)38-31-32-45(41,42)43/h18-19,22-23,33,35H,4-17,20-21,24-32H2,1-3H3,(H,38,39)(H,41,42,43)/b19-18-,23-22-,34-33-/t35-/m1/s1. The molecule has 0 radical (unpaired) electrons. The Bertz CT molecular complexity index is 939. The molecule has 45 heavy (non-hydrogen) atoms. The van der Waals surface area contributed by atoms with Crippen LogP contribution in [0.15, 0.2) is 40.9 Å². The summed E-state index contributed by atoms with van der Waals surface area (Å²) in [5, 5.41) is 9.76. The van der Waals surface area contributed by atoms with Gasteiger partial charge in [0.2, 0.25) is 5.90 Å². The van der Waals surface area contributed by atoms with E-state index in [4.69, 9.17) is 9.29 Å². The number of hydrogen-bond acceptors (Lipinski definition) is 5. The second kappa shape index (κ2) is 30.7.